The second kappa shape index (κ2) is 8.35. The Balaban J connectivity index is 0.00000106. The molecule has 0 saturated heterocycles. The van der Waals surface area contributed by atoms with Gasteiger partial charge in [-0.1, -0.05) is 13.8 Å². The van der Waals surface area contributed by atoms with Crippen LogP contribution in [0.1, 0.15) is 33.3 Å². The number of rotatable bonds is 5. The summed E-state index contributed by atoms with van der Waals surface area (Å²) >= 11 is 0. The Labute approximate surface area is 127 Å². The first-order valence-electron chi connectivity index (χ1n) is 7.44. The molecule has 1 aromatic heterocycles. The molecule has 1 aromatic carbocycles. The lowest BCUT2D eigenvalue weighted by atomic mass is 10.1. The standard InChI is InChI=1S/C15H19NO3.C2H6/c1-5-18-12-9-11-13(10(3)7-8-16-11)15(17-4)14(12)19-6-2;1-2/h7-9H,5-6H2,1-4H3;1-2H3. The molecule has 0 aliphatic rings. The molecular weight excluding hydrogens is 266 g/mol. The number of pyridine rings is 1. The number of aromatic nitrogens is 1. The van der Waals surface area contributed by atoms with Crippen LogP contribution in [-0.2, 0) is 0 Å². The van der Waals surface area contributed by atoms with E-state index in [4.69, 9.17) is 14.2 Å². The van der Waals surface area contributed by atoms with Gasteiger partial charge in [0.05, 0.1) is 25.8 Å². The van der Waals surface area contributed by atoms with Crippen molar-refractivity contribution in [3.05, 3.63) is 23.9 Å². The van der Waals surface area contributed by atoms with E-state index >= 15 is 0 Å². The first-order valence-corrected chi connectivity index (χ1v) is 7.44. The van der Waals surface area contributed by atoms with Gasteiger partial charge in [0.15, 0.2) is 11.5 Å². The van der Waals surface area contributed by atoms with Gasteiger partial charge in [-0.15, -0.1) is 0 Å². The number of ether oxygens (including phenoxy) is 3. The summed E-state index contributed by atoms with van der Waals surface area (Å²) in [5.41, 5.74) is 1.95. The highest BCUT2D eigenvalue weighted by atomic mass is 16.5. The second-order valence-electron chi connectivity index (χ2n) is 4.13. The zero-order valence-corrected chi connectivity index (χ0v) is 13.8. The van der Waals surface area contributed by atoms with Gasteiger partial charge in [0.25, 0.3) is 0 Å². The Morgan fingerprint density at radius 1 is 1.05 bits per heavy atom. The molecule has 0 unspecified atom stereocenters. The van der Waals surface area contributed by atoms with E-state index in [1.165, 1.54) is 0 Å². The zero-order chi connectivity index (χ0) is 15.8. The normalized spacial score (nSPS) is 9.81. The maximum absolute atomic E-state index is 5.70. The topological polar surface area (TPSA) is 40.6 Å². The summed E-state index contributed by atoms with van der Waals surface area (Å²) in [5.74, 6) is 2.01. The average molecular weight is 291 g/mol. The van der Waals surface area contributed by atoms with Crippen molar-refractivity contribution in [3.63, 3.8) is 0 Å². The first kappa shape index (κ1) is 17.1. The minimum Gasteiger partial charge on any atom is -0.492 e. The number of hydrogen-bond donors (Lipinski definition) is 0. The minimum absolute atomic E-state index is 0.557. The van der Waals surface area contributed by atoms with Crippen molar-refractivity contribution in [2.45, 2.75) is 34.6 Å². The van der Waals surface area contributed by atoms with Crippen LogP contribution >= 0.6 is 0 Å². The maximum atomic E-state index is 5.70. The lowest BCUT2D eigenvalue weighted by Gasteiger charge is -2.17. The zero-order valence-electron chi connectivity index (χ0n) is 13.8. The molecule has 116 valence electrons. The molecule has 0 aliphatic heterocycles. The fourth-order valence-electron chi connectivity index (χ4n) is 2.14. The Bertz CT molecular complexity index is 582. The van der Waals surface area contributed by atoms with Crippen molar-refractivity contribution in [2.24, 2.45) is 0 Å². The average Bonchev–Trinajstić information content (AvgIpc) is 2.51. The highest BCUT2D eigenvalue weighted by molar-refractivity contribution is 5.92. The molecule has 2 aromatic rings. The third-order valence-electron chi connectivity index (χ3n) is 2.91. The minimum atomic E-state index is 0.557. The summed E-state index contributed by atoms with van der Waals surface area (Å²) in [7, 11) is 1.64. The van der Waals surface area contributed by atoms with Crippen LogP contribution in [-0.4, -0.2) is 25.3 Å². The van der Waals surface area contributed by atoms with E-state index in [0.29, 0.717) is 30.5 Å². The van der Waals surface area contributed by atoms with Gasteiger partial charge in [0.1, 0.15) is 0 Å². The van der Waals surface area contributed by atoms with Gasteiger partial charge in [-0.3, -0.25) is 4.98 Å². The predicted octanol–water partition coefficient (Wildman–Crippen LogP) is 4.38. The molecule has 0 saturated carbocycles. The molecule has 0 fully saturated rings. The Hall–Kier alpha value is -1.97. The van der Waals surface area contributed by atoms with Crippen LogP contribution in [0.5, 0.6) is 17.2 Å². The summed E-state index contributed by atoms with van der Waals surface area (Å²) in [4.78, 5) is 4.38. The quantitative estimate of drug-likeness (QED) is 0.820. The molecule has 1 heterocycles. The Morgan fingerprint density at radius 3 is 2.29 bits per heavy atom. The molecule has 0 radical (unpaired) electrons. The fourth-order valence-corrected chi connectivity index (χ4v) is 2.14. The largest absolute Gasteiger partial charge is 0.492 e. The monoisotopic (exact) mass is 291 g/mol. The SMILES string of the molecule is CC.CCOc1cc2nccc(C)c2c(OC)c1OCC. The number of benzene rings is 1. The van der Waals surface area contributed by atoms with E-state index in [0.717, 1.165) is 16.5 Å². The van der Waals surface area contributed by atoms with E-state index in [2.05, 4.69) is 4.98 Å². The molecule has 0 N–H and O–H groups in total. The smallest absolute Gasteiger partial charge is 0.204 e. The second-order valence-corrected chi connectivity index (χ2v) is 4.13. The van der Waals surface area contributed by atoms with Crippen molar-refractivity contribution in [1.29, 1.82) is 0 Å². The summed E-state index contributed by atoms with van der Waals surface area (Å²) in [6.45, 7) is 11.0. The van der Waals surface area contributed by atoms with Crippen molar-refractivity contribution >= 4 is 10.9 Å². The predicted molar refractivity (Wildman–Crippen MR) is 86.7 cm³/mol. The number of hydrogen-bond acceptors (Lipinski definition) is 4. The van der Waals surface area contributed by atoms with E-state index in [1.807, 2.05) is 46.8 Å². The van der Waals surface area contributed by atoms with Gasteiger partial charge in [0, 0.05) is 17.6 Å². The molecular formula is C17H25NO3. The molecule has 0 bridgehead atoms. The lowest BCUT2D eigenvalue weighted by molar-refractivity contribution is 0.273. The van der Waals surface area contributed by atoms with Crippen molar-refractivity contribution in [2.75, 3.05) is 20.3 Å². The van der Waals surface area contributed by atoms with Crippen LogP contribution in [0.4, 0.5) is 0 Å². The van der Waals surface area contributed by atoms with Crippen molar-refractivity contribution in [1.82, 2.24) is 4.98 Å². The van der Waals surface area contributed by atoms with Gasteiger partial charge in [-0.2, -0.15) is 0 Å². The summed E-state index contributed by atoms with van der Waals surface area (Å²) in [6.07, 6.45) is 1.78. The van der Waals surface area contributed by atoms with Crippen LogP contribution < -0.4 is 14.2 Å². The number of methoxy groups -OCH3 is 1. The third-order valence-corrected chi connectivity index (χ3v) is 2.91. The van der Waals surface area contributed by atoms with Crippen LogP contribution in [0.25, 0.3) is 10.9 Å². The highest BCUT2D eigenvalue weighted by Crippen LogP contribution is 2.44. The third kappa shape index (κ3) is 3.57. The molecule has 0 spiro atoms. The van der Waals surface area contributed by atoms with Crippen LogP contribution in [0.3, 0.4) is 0 Å². The first-order chi connectivity index (χ1) is 10.2. The number of fused-ring (bicyclic) bond motifs is 1. The molecule has 21 heavy (non-hydrogen) atoms. The van der Waals surface area contributed by atoms with Gasteiger partial charge in [0.2, 0.25) is 5.75 Å². The fraction of sp³-hybridized carbons (Fsp3) is 0.471. The number of aryl methyl sites for hydroxylation is 1. The molecule has 0 aliphatic carbocycles. The molecule has 2 rings (SSSR count). The lowest BCUT2D eigenvalue weighted by Crippen LogP contribution is -2.02. The van der Waals surface area contributed by atoms with Gasteiger partial charge < -0.3 is 14.2 Å². The van der Waals surface area contributed by atoms with Gasteiger partial charge in [-0.05, 0) is 32.4 Å². The van der Waals surface area contributed by atoms with Crippen LogP contribution in [0.15, 0.2) is 18.3 Å². The summed E-state index contributed by atoms with van der Waals surface area (Å²) in [6, 6.07) is 3.86. The van der Waals surface area contributed by atoms with Gasteiger partial charge >= 0.3 is 0 Å². The van der Waals surface area contributed by atoms with E-state index in [9.17, 15) is 0 Å². The molecule has 4 heteroatoms. The molecule has 0 atom stereocenters. The van der Waals surface area contributed by atoms with E-state index in [1.54, 1.807) is 13.3 Å². The van der Waals surface area contributed by atoms with Crippen molar-refractivity contribution < 1.29 is 14.2 Å². The van der Waals surface area contributed by atoms with Crippen LogP contribution in [0, 0.1) is 6.92 Å². The van der Waals surface area contributed by atoms with Crippen LogP contribution in [0.2, 0.25) is 0 Å². The van der Waals surface area contributed by atoms with E-state index < -0.39 is 0 Å². The van der Waals surface area contributed by atoms with Crippen molar-refractivity contribution in [3.8, 4) is 17.2 Å². The highest BCUT2D eigenvalue weighted by Gasteiger charge is 2.18. The molecule has 4 nitrogen and oxygen atoms in total. The summed E-state index contributed by atoms with van der Waals surface area (Å²) in [5, 5.41) is 0.969. The maximum Gasteiger partial charge on any atom is 0.204 e. The Morgan fingerprint density at radius 2 is 1.71 bits per heavy atom. The van der Waals surface area contributed by atoms with E-state index in [-0.39, 0.29) is 0 Å². The Kier molecular flexibility index (Phi) is 6.79. The van der Waals surface area contributed by atoms with Gasteiger partial charge in [-0.25, -0.2) is 0 Å². The molecule has 0 amide bonds. The number of nitrogens with zero attached hydrogens (tertiary/aromatic N) is 1. The summed E-state index contributed by atoms with van der Waals surface area (Å²) < 4.78 is 16.9.